The van der Waals surface area contributed by atoms with E-state index in [0.29, 0.717) is 34.5 Å². The molecular weight excluding hydrogens is 376 g/mol. The zero-order valence-electron chi connectivity index (χ0n) is 16.5. The number of aryl methyl sites for hydroxylation is 1. The maximum Gasteiger partial charge on any atom is 0.218 e. The molecular formula is C22H19F2N3O2. The number of aromatic nitrogens is 2. The second-order valence-electron chi connectivity index (χ2n) is 8.05. The molecule has 0 aliphatic heterocycles. The van der Waals surface area contributed by atoms with Gasteiger partial charge in [0.1, 0.15) is 17.3 Å². The number of benzene rings is 2. The molecule has 3 aromatic rings. The maximum absolute atomic E-state index is 14.2. The summed E-state index contributed by atoms with van der Waals surface area (Å²) in [4.78, 5) is 25.8. The molecule has 2 aromatic carbocycles. The molecule has 0 unspecified atom stereocenters. The first-order chi connectivity index (χ1) is 13.6. The Morgan fingerprint density at radius 3 is 2.31 bits per heavy atom. The van der Waals surface area contributed by atoms with Gasteiger partial charge in [0.2, 0.25) is 6.41 Å². The summed E-state index contributed by atoms with van der Waals surface area (Å²) in [5.74, 6) is -1.95. The lowest BCUT2D eigenvalue weighted by Crippen LogP contribution is -2.18. The van der Waals surface area contributed by atoms with E-state index in [4.69, 9.17) is 0 Å². The van der Waals surface area contributed by atoms with Crippen molar-refractivity contribution in [2.45, 2.75) is 26.2 Å². The van der Waals surface area contributed by atoms with E-state index in [2.05, 4.69) is 5.10 Å². The Balaban J connectivity index is 1.87. The van der Waals surface area contributed by atoms with E-state index in [9.17, 15) is 18.4 Å². The molecule has 0 atom stereocenters. The SMILES string of the molecule is Cn1nc(C(C)(C)C)c2c1-c1ccc(N(C=O)c3c(F)cccc3F)cc1C2=O. The number of para-hydroxylation sites is 1. The Hall–Kier alpha value is -3.35. The molecule has 0 saturated carbocycles. The first kappa shape index (κ1) is 19.0. The van der Waals surface area contributed by atoms with Crippen molar-refractivity contribution < 1.29 is 18.4 Å². The fourth-order valence-corrected chi connectivity index (χ4v) is 3.75. The Kier molecular flexibility index (Phi) is 4.15. The molecule has 1 amide bonds. The van der Waals surface area contributed by atoms with Crippen molar-refractivity contribution >= 4 is 23.6 Å². The van der Waals surface area contributed by atoms with Crippen molar-refractivity contribution in [3.8, 4) is 11.3 Å². The van der Waals surface area contributed by atoms with Crippen LogP contribution in [0.3, 0.4) is 0 Å². The van der Waals surface area contributed by atoms with Crippen molar-refractivity contribution in [2.24, 2.45) is 7.05 Å². The minimum Gasteiger partial charge on any atom is -0.288 e. The first-order valence-corrected chi connectivity index (χ1v) is 9.10. The molecule has 29 heavy (non-hydrogen) atoms. The standard InChI is InChI=1S/C22H19F2N3O2/c1-22(2,3)21-17-18(26(4)25-21)13-9-8-12(10-14(13)20(17)29)27(11-28)19-15(23)6-5-7-16(19)24/h5-11H,1-4H3. The molecule has 0 radical (unpaired) electrons. The number of nitrogens with zero attached hydrogens (tertiary/aromatic N) is 3. The number of hydrogen-bond acceptors (Lipinski definition) is 3. The molecule has 1 aliphatic carbocycles. The van der Waals surface area contributed by atoms with Crippen LogP contribution in [0.1, 0.15) is 42.4 Å². The van der Waals surface area contributed by atoms with Gasteiger partial charge in [-0.15, -0.1) is 0 Å². The smallest absolute Gasteiger partial charge is 0.218 e. The summed E-state index contributed by atoms with van der Waals surface area (Å²) in [5.41, 5.74) is 2.36. The number of carbonyl (C=O) groups excluding carboxylic acids is 2. The predicted molar refractivity (Wildman–Crippen MR) is 105 cm³/mol. The molecule has 1 aromatic heterocycles. The number of rotatable bonds is 3. The predicted octanol–water partition coefficient (Wildman–Crippen LogP) is 4.50. The topological polar surface area (TPSA) is 55.2 Å². The van der Waals surface area contributed by atoms with Crippen LogP contribution < -0.4 is 4.90 Å². The molecule has 0 fully saturated rings. The van der Waals surface area contributed by atoms with Gasteiger partial charge in [-0.1, -0.05) is 26.8 Å². The van der Waals surface area contributed by atoms with Crippen LogP contribution in [0.4, 0.5) is 20.2 Å². The van der Waals surface area contributed by atoms with Crippen LogP contribution in [0, 0.1) is 11.6 Å². The summed E-state index contributed by atoms with van der Waals surface area (Å²) in [6.07, 6.45) is 0.331. The molecule has 0 spiro atoms. The summed E-state index contributed by atoms with van der Waals surface area (Å²) >= 11 is 0. The van der Waals surface area contributed by atoms with Crippen molar-refractivity contribution in [2.75, 3.05) is 4.90 Å². The van der Waals surface area contributed by atoms with Gasteiger partial charge in [0, 0.05) is 29.3 Å². The second-order valence-corrected chi connectivity index (χ2v) is 8.05. The number of amides is 1. The zero-order chi connectivity index (χ0) is 21.1. The minimum atomic E-state index is -0.869. The van der Waals surface area contributed by atoms with E-state index in [-0.39, 0.29) is 16.9 Å². The molecule has 0 saturated heterocycles. The number of halogens is 2. The van der Waals surface area contributed by atoms with E-state index in [1.165, 1.54) is 12.1 Å². The number of anilines is 2. The molecule has 7 heteroatoms. The summed E-state index contributed by atoms with van der Waals surface area (Å²) < 4.78 is 30.1. The number of hydrogen-bond donors (Lipinski definition) is 0. The molecule has 0 bridgehead atoms. The molecule has 1 aliphatic rings. The van der Waals surface area contributed by atoms with Crippen LogP contribution in [0.25, 0.3) is 11.3 Å². The zero-order valence-corrected chi connectivity index (χ0v) is 16.5. The van der Waals surface area contributed by atoms with E-state index >= 15 is 0 Å². The summed E-state index contributed by atoms with van der Waals surface area (Å²) in [6, 6.07) is 8.10. The summed E-state index contributed by atoms with van der Waals surface area (Å²) in [6.45, 7) is 5.94. The van der Waals surface area contributed by atoms with Gasteiger partial charge in [0.15, 0.2) is 5.78 Å². The van der Waals surface area contributed by atoms with Gasteiger partial charge in [-0.25, -0.2) is 8.78 Å². The van der Waals surface area contributed by atoms with Crippen LogP contribution in [0.5, 0.6) is 0 Å². The van der Waals surface area contributed by atoms with Gasteiger partial charge in [-0.05, 0) is 30.3 Å². The Labute approximate surface area is 166 Å². The molecule has 148 valence electrons. The third kappa shape index (κ3) is 2.76. The fraction of sp³-hybridized carbons (Fsp3) is 0.227. The van der Waals surface area contributed by atoms with Crippen molar-refractivity contribution in [1.29, 1.82) is 0 Å². The molecule has 4 rings (SSSR count). The summed E-state index contributed by atoms with van der Waals surface area (Å²) in [5, 5.41) is 4.53. The Morgan fingerprint density at radius 2 is 1.72 bits per heavy atom. The lowest BCUT2D eigenvalue weighted by molar-refractivity contribution is -0.106. The van der Waals surface area contributed by atoms with E-state index in [0.717, 1.165) is 17.0 Å². The van der Waals surface area contributed by atoms with Crippen LogP contribution >= 0.6 is 0 Å². The average Bonchev–Trinajstić information content (AvgIpc) is 3.14. The van der Waals surface area contributed by atoms with Gasteiger partial charge in [-0.2, -0.15) is 5.10 Å². The Morgan fingerprint density at radius 1 is 1.07 bits per heavy atom. The first-order valence-electron chi connectivity index (χ1n) is 9.10. The van der Waals surface area contributed by atoms with Crippen LogP contribution in [-0.2, 0) is 17.3 Å². The molecule has 1 heterocycles. The quantitative estimate of drug-likeness (QED) is 0.480. The Bertz CT molecular complexity index is 1160. The van der Waals surface area contributed by atoms with Crippen LogP contribution in [-0.4, -0.2) is 22.0 Å². The third-order valence-electron chi connectivity index (χ3n) is 5.05. The van der Waals surface area contributed by atoms with Gasteiger partial charge in [0.05, 0.1) is 17.0 Å². The second kappa shape index (κ2) is 6.34. The van der Waals surface area contributed by atoms with Crippen LogP contribution in [0.2, 0.25) is 0 Å². The third-order valence-corrected chi connectivity index (χ3v) is 5.05. The number of ketones is 1. The highest BCUT2D eigenvalue weighted by Crippen LogP contribution is 2.43. The lowest BCUT2D eigenvalue weighted by atomic mass is 9.88. The average molecular weight is 395 g/mol. The van der Waals surface area contributed by atoms with Crippen molar-refractivity contribution in [1.82, 2.24) is 9.78 Å². The van der Waals surface area contributed by atoms with Gasteiger partial charge >= 0.3 is 0 Å². The largest absolute Gasteiger partial charge is 0.288 e. The molecule has 5 nitrogen and oxygen atoms in total. The highest BCUT2D eigenvalue weighted by molar-refractivity contribution is 6.22. The lowest BCUT2D eigenvalue weighted by Gasteiger charge is -2.20. The summed E-state index contributed by atoms with van der Waals surface area (Å²) in [7, 11) is 1.77. The minimum absolute atomic E-state index is 0.203. The number of fused-ring (bicyclic) bond motifs is 3. The van der Waals surface area contributed by atoms with E-state index in [1.54, 1.807) is 23.9 Å². The monoisotopic (exact) mass is 395 g/mol. The van der Waals surface area contributed by atoms with Gasteiger partial charge < -0.3 is 0 Å². The normalized spacial score (nSPS) is 12.7. The van der Waals surface area contributed by atoms with Crippen molar-refractivity contribution in [3.63, 3.8) is 0 Å². The molecule has 0 N–H and O–H groups in total. The maximum atomic E-state index is 14.2. The van der Waals surface area contributed by atoms with Gasteiger partial charge in [-0.3, -0.25) is 19.2 Å². The van der Waals surface area contributed by atoms with Gasteiger partial charge in [0.25, 0.3) is 0 Å². The van der Waals surface area contributed by atoms with E-state index < -0.39 is 17.3 Å². The van der Waals surface area contributed by atoms with E-state index in [1.807, 2.05) is 20.8 Å². The highest BCUT2D eigenvalue weighted by atomic mass is 19.1. The fourth-order valence-electron chi connectivity index (χ4n) is 3.75. The highest BCUT2D eigenvalue weighted by Gasteiger charge is 2.37. The van der Waals surface area contributed by atoms with Crippen molar-refractivity contribution in [3.05, 3.63) is 64.9 Å². The number of carbonyl (C=O) groups is 2. The van der Waals surface area contributed by atoms with Crippen LogP contribution in [0.15, 0.2) is 36.4 Å².